The molecule has 0 aliphatic rings. The van der Waals surface area contributed by atoms with Crippen molar-refractivity contribution < 1.29 is 28.2 Å². The Morgan fingerprint density at radius 2 is 1.87 bits per heavy atom. The number of methoxy groups -OCH3 is 1. The van der Waals surface area contributed by atoms with Crippen LogP contribution in [0, 0.1) is 12.7 Å². The van der Waals surface area contributed by atoms with E-state index in [2.05, 4.69) is 4.98 Å². The van der Waals surface area contributed by atoms with E-state index < -0.39 is 17.8 Å². The molecular formula is C23H22FNO5. The molecule has 0 aliphatic carbocycles. The van der Waals surface area contributed by atoms with E-state index >= 15 is 0 Å². The molecule has 156 valence electrons. The topological polar surface area (TPSA) is 74.7 Å². The molecule has 0 fully saturated rings. The summed E-state index contributed by atoms with van der Waals surface area (Å²) in [6, 6.07) is 11.7. The number of pyridine rings is 1. The average Bonchev–Trinajstić information content (AvgIpc) is 2.72. The zero-order valence-corrected chi connectivity index (χ0v) is 17.0. The number of aryl methyl sites for hydroxylation is 1. The van der Waals surface area contributed by atoms with Gasteiger partial charge in [-0.05, 0) is 43.2 Å². The first-order valence-electron chi connectivity index (χ1n) is 9.48. The van der Waals surface area contributed by atoms with Crippen LogP contribution in [0.1, 0.15) is 34.1 Å². The molecule has 2 aromatic carbocycles. The predicted octanol–water partition coefficient (Wildman–Crippen LogP) is 4.15. The van der Waals surface area contributed by atoms with Gasteiger partial charge in [0.05, 0.1) is 36.9 Å². The maximum atomic E-state index is 13.8. The summed E-state index contributed by atoms with van der Waals surface area (Å²) in [5.74, 6) is -1.54. The molecule has 7 heteroatoms. The first-order valence-corrected chi connectivity index (χ1v) is 9.48. The highest BCUT2D eigenvalue weighted by Gasteiger charge is 2.21. The van der Waals surface area contributed by atoms with Crippen LogP contribution in [-0.4, -0.2) is 30.6 Å². The molecule has 0 unspecified atom stereocenters. The molecule has 0 spiro atoms. The largest absolute Gasteiger partial charge is 0.494 e. The van der Waals surface area contributed by atoms with Crippen LogP contribution in [0.3, 0.4) is 0 Å². The Balaban J connectivity index is 1.82. The van der Waals surface area contributed by atoms with E-state index in [4.69, 9.17) is 14.2 Å². The molecule has 0 radical (unpaired) electrons. The van der Waals surface area contributed by atoms with Crippen LogP contribution < -0.4 is 4.74 Å². The van der Waals surface area contributed by atoms with Crippen LogP contribution in [0.15, 0.2) is 42.5 Å². The number of fused-ring (bicyclic) bond motifs is 1. The molecule has 0 N–H and O–H groups in total. The van der Waals surface area contributed by atoms with Gasteiger partial charge in [-0.3, -0.25) is 4.79 Å². The molecule has 3 aromatic rings. The maximum absolute atomic E-state index is 13.8. The Hall–Kier alpha value is -3.48. The number of benzene rings is 2. The fourth-order valence-corrected chi connectivity index (χ4v) is 3.21. The van der Waals surface area contributed by atoms with E-state index in [-0.39, 0.29) is 25.4 Å². The van der Waals surface area contributed by atoms with Crippen LogP contribution in [0.5, 0.6) is 5.75 Å². The van der Waals surface area contributed by atoms with Crippen LogP contribution in [0.25, 0.3) is 10.9 Å². The molecule has 1 aromatic heterocycles. The van der Waals surface area contributed by atoms with E-state index in [1.54, 1.807) is 13.0 Å². The summed E-state index contributed by atoms with van der Waals surface area (Å²) in [4.78, 5) is 29.3. The minimum Gasteiger partial charge on any atom is -0.494 e. The minimum absolute atomic E-state index is 0.0991. The second kappa shape index (κ2) is 9.35. The van der Waals surface area contributed by atoms with Crippen molar-refractivity contribution in [2.45, 2.75) is 26.9 Å². The SMILES string of the molecule is CCOC(=O)c1c(COC(=O)Cc2ccc(OC)c(F)c2)nc2ccccc2c1C. The average molecular weight is 411 g/mol. The number of carbonyl (C=O) groups is 2. The van der Waals surface area contributed by atoms with Gasteiger partial charge in [-0.2, -0.15) is 0 Å². The number of rotatable bonds is 7. The normalized spacial score (nSPS) is 10.7. The molecule has 0 saturated carbocycles. The fourth-order valence-electron chi connectivity index (χ4n) is 3.21. The van der Waals surface area contributed by atoms with Crippen molar-refractivity contribution in [2.24, 2.45) is 0 Å². The summed E-state index contributed by atoms with van der Waals surface area (Å²) >= 11 is 0. The van der Waals surface area contributed by atoms with Gasteiger partial charge in [0, 0.05) is 5.39 Å². The van der Waals surface area contributed by atoms with E-state index in [0.717, 1.165) is 5.39 Å². The molecule has 0 atom stereocenters. The lowest BCUT2D eigenvalue weighted by Gasteiger charge is -2.14. The minimum atomic E-state index is -0.568. The van der Waals surface area contributed by atoms with Crippen molar-refractivity contribution in [3.63, 3.8) is 0 Å². The number of halogens is 1. The Kier molecular flexibility index (Phi) is 6.61. The summed E-state index contributed by atoms with van der Waals surface area (Å²) in [5.41, 5.74) is 2.46. The molecule has 0 aliphatic heterocycles. The zero-order chi connectivity index (χ0) is 21.7. The molecule has 0 amide bonds. The van der Waals surface area contributed by atoms with Gasteiger partial charge in [0.25, 0.3) is 0 Å². The third kappa shape index (κ3) is 4.56. The molecule has 0 bridgehead atoms. The van der Waals surface area contributed by atoms with E-state index in [9.17, 15) is 14.0 Å². The molecule has 3 rings (SSSR count). The van der Waals surface area contributed by atoms with Gasteiger partial charge in [-0.15, -0.1) is 0 Å². The number of nitrogens with zero attached hydrogens (tertiary/aromatic N) is 1. The number of hydrogen-bond donors (Lipinski definition) is 0. The number of hydrogen-bond acceptors (Lipinski definition) is 6. The Labute approximate surface area is 173 Å². The van der Waals surface area contributed by atoms with E-state index in [1.807, 2.05) is 31.2 Å². The van der Waals surface area contributed by atoms with Crippen molar-refractivity contribution in [1.29, 1.82) is 0 Å². The fraction of sp³-hybridized carbons (Fsp3) is 0.261. The summed E-state index contributed by atoms with van der Waals surface area (Å²) in [6.45, 7) is 3.54. The monoisotopic (exact) mass is 411 g/mol. The summed E-state index contributed by atoms with van der Waals surface area (Å²) < 4.78 is 29.2. The van der Waals surface area contributed by atoms with Crippen LogP contribution in [-0.2, 0) is 27.3 Å². The summed E-state index contributed by atoms with van der Waals surface area (Å²) in [5, 5.41) is 0.823. The van der Waals surface area contributed by atoms with E-state index in [1.165, 1.54) is 19.2 Å². The van der Waals surface area contributed by atoms with Crippen molar-refractivity contribution >= 4 is 22.8 Å². The highest BCUT2D eigenvalue weighted by atomic mass is 19.1. The Morgan fingerprint density at radius 3 is 2.57 bits per heavy atom. The lowest BCUT2D eigenvalue weighted by Crippen LogP contribution is -2.15. The smallest absolute Gasteiger partial charge is 0.340 e. The van der Waals surface area contributed by atoms with Crippen LogP contribution in [0.4, 0.5) is 4.39 Å². The molecule has 30 heavy (non-hydrogen) atoms. The second-order valence-electron chi connectivity index (χ2n) is 6.60. The number of ether oxygens (including phenoxy) is 3. The number of para-hydroxylation sites is 1. The highest BCUT2D eigenvalue weighted by Crippen LogP contribution is 2.24. The van der Waals surface area contributed by atoms with Crippen molar-refractivity contribution in [3.05, 3.63) is 70.7 Å². The van der Waals surface area contributed by atoms with Crippen molar-refractivity contribution in [2.75, 3.05) is 13.7 Å². The lowest BCUT2D eigenvalue weighted by atomic mass is 10.0. The second-order valence-corrected chi connectivity index (χ2v) is 6.60. The highest BCUT2D eigenvalue weighted by molar-refractivity contribution is 5.98. The third-order valence-electron chi connectivity index (χ3n) is 4.64. The predicted molar refractivity (Wildman–Crippen MR) is 109 cm³/mol. The number of aromatic nitrogens is 1. The summed E-state index contributed by atoms with van der Waals surface area (Å²) in [6.07, 6.45) is -0.123. The molecule has 0 saturated heterocycles. The molecule has 1 heterocycles. The first-order chi connectivity index (χ1) is 14.4. The van der Waals surface area contributed by atoms with Gasteiger partial charge < -0.3 is 14.2 Å². The zero-order valence-electron chi connectivity index (χ0n) is 17.0. The van der Waals surface area contributed by atoms with Crippen molar-refractivity contribution in [3.8, 4) is 5.75 Å². The maximum Gasteiger partial charge on any atom is 0.340 e. The van der Waals surface area contributed by atoms with Gasteiger partial charge >= 0.3 is 11.9 Å². The lowest BCUT2D eigenvalue weighted by molar-refractivity contribution is -0.144. The van der Waals surface area contributed by atoms with Gasteiger partial charge in [-0.1, -0.05) is 24.3 Å². The van der Waals surface area contributed by atoms with Crippen LogP contribution >= 0.6 is 0 Å². The van der Waals surface area contributed by atoms with Gasteiger partial charge in [0.15, 0.2) is 11.6 Å². The van der Waals surface area contributed by atoms with Gasteiger partial charge in [-0.25, -0.2) is 14.2 Å². The van der Waals surface area contributed by atoms with E-state index in [0.29, 0.717) is 27.9 Å². The van der Waals surface area contributed by atoms with Gasteiger partial charge in [0.2, 0.25) is 0 Å². The first kappa shape index (κ1) is 21.2. The third-order valence-corrected chi connectivity index (χ3v) is 4.64. The van der Waals surface area contributed by atoms with Crippen LogP contribution in [0.2, 0.25) is 0 Å². The Morgan fingerprint density at radius 1 is 1.10 bits per heavy atom. The molecule has 6 nitrogen and oxygen atoms in total. The molecular weight excluding hydrogens is 389 g/mol. The number of carbonyl (C=O) groups excluding carboxylic acids is 2. The van der Waals surface area contributed by atoms with Crippen molar-refractivity contribution in [1.82, 2.24) is 4.98 Å². The standard InChI is InChI=1S/C23H22FNO5/c1-4-29-23(27)22-14(2)16-7-5-6-8-18(16)25-19(22)13-30-21(26)12-15-9-10-20(28-3)17(24)11-15/h5-11H,4,12-13H2,1-3H3. The number of esters is 2. The Bertz CT molecular complexity index is 1100. The quantitative estimate of drug-likeness (QED) is 0.544. The summed E-state index contributed by atoms with van der Waals surface area (Å²) in [7, 11) is 1.37. The van der Waals surface area contributed by atoms with Gasteiger partial charge in [0.1, 0.15) is 6.61 Å².